The van der Waals surface area contributed by atoms with Crippen molar-refractivity contribution in [3.8, 4) is 0 Å². The van der Waals surface area contributed by atoms with Crippen molar-refractivity contribution in [1.82, 2.24) is 9.80 Å². The third kappa shape index (κ3) is 4.09. The van der Waals surface area contributed by atoms with Crippen LogP contribution in [-0.2, 0) is 6.54 Å². The first-order valence-corrected chi connectivity index (χ1v) is 9.19. The van der Waals surface area contributed by atoms with E-state index >= 15 is 0 Å². The summed E-state index contributed by atoms with van der Waals surface area (Å²) in [6.45, 7) is 3.23. The minimum absolute atomic E-state index is 0.0264. The number of rotatable bonds is 5. The Morgan fingerprint density at radius 2 is 1.93 bits per heavy atom. The topological polar surface area (TPSA) is 127 Å². The van der Waals surface area contributed by atoms with Gasteiger partial charge < -0.3 is 24.9 Å². The molecule has 158 valence electrons. The molecular formula is C18H23FN4O6. The fraction of sp³-hybridized carbons (Fsp3) is 0.556. The highest BCUT2D eigenvalue weighted by Crippen LogP contribution is 2.36. The van der Waals surface area contributed by atoms with Crippen molar-refractivity contribution in [3.05, 3.63) is 33.4 Å². The molecule has 1 aromatic rings. The van der Waals surface area contributed by atoms with Crippen molar-refractivity contribution in [2.75, 3.05) is 37.6 Å². The fourth-order valence-corrected chi connectivity index (χ4v) is 3.50. The third-order valence-electron chi connectivity index (χ3n) is 5.31. The first-order chi connectivity index (χ1) is 13.5. The van der Waals surface area contributed by atoms with Crippen LogP contribution in [0.25, 0.3) is 0 Å². The third-order valence-corrected chi connectivity index (χ3v) is 5.31. The van der Waals surface area contributed by atoms with Crippen LogP contribution in [0.15, 0.2) is 12.1 Å². The van der Waals surface area contributed by atoms with Crippen LogP contribution in [0.2, 0.25) is 0 Å². The fourth-order valence-electron chi connectivity index (χ4n) is 3.50. The van der Waals surface area contributed by atoms with Gasteiger partial charge in [-0.2, -0.15) is 0 Å². The number of hydrogen-bond donors (Lipinski definition) is 2. The summed E-state index contributed by atoms with van der Waals surface area (Å²) in [6, 6.07) is 2.76. The summed E-state index contributed by atoms with van der Waals surface area (Å²) in [5, 5.41) is 30.4. The molecule has 1 fully saturated rings. The van der Waals surface area contributed by atoms with Crippen molar-refractivity contribution in [3.63, 3.8) is 0 Å². The lowest BCUT2D eigenvalue weighted by molar-refractivity contribution is -0.384. The van der Waals surface area contributed by atoms with Gasteiger partial charge in [0.05, 0.1) is 17.1 Å². The van der Waals surface area contributed by atoms with Gasteiger partial charge in [-0.3, -0.25) is 14.9 Å². The molecule has 11 heteroatoms. The lowest BCUT2D eigenvalue weighted by atomic mass is 10.0. The predicted molar refractivity (Wildman–Crippen MR) is 101 cm³/mol. The quantitative estimate of drug-likeness (QED) is 0.556. The van der Waals surface area contributed by atoms with Gasteiger partial charge in [0, 0.05) is 44.4 Å². The van der Waals surface area contributed by atoms with Gasteiger partial charge in [-0.05, 0) is 25.5 Å². The van der Waals surface area contributed by atoms with Gasteiger partial charge in [0.2, 0.25) is 0 Å². The number of halogens is 1. The maximum absolute atomic E-state index is 14.2. The Hall–Kier alpha value is -2.95. The second-order valence-electron chi connectivity index (χ2n) is 7.82. The number of fused-ring (bicyclic) bond motifs is 1. The number of carboxylic acid groups (broad SMARTS) is 1. The number of aliphatic hydroxyl groups is 1. The lowest BCUT2D eigenvalue weighted by Crippen LogP contribution is -2.48. The van der Waals surface area contributed by atoms with Gasteiger partial charge in [0.1, 0.15) is 11.9 Å². The number of alkyl halides is 1. The number of anilines is 1. The molecule has 2 heterocycles. The molecule has 2 aliphatic rings. The predicted octanol–water partition coefficient (Wildman–Crippen LogP) is 1.46. The number of hydrogen-bond acceptors (Lipinski definition) is 6. The summed E-state index contributed by atoms with van der Waals surface area (Å²) in [7, 11) is 0. The molecule has 0 radical (unpaired) electrons. The number of carbonyl (C=O) groups excluding carboxylic acids is 1. The van der Waals surface area contributed by atoms with Crippen LogP contribution >= 0.6 is 0 Å². The van der Waals surface area contributed by atoms with E-state index in [1.807, 2.05) is 0 Å². The average Bonchev–Trinajstić information content (AvgIpc) is 2.95. The SMILES string of the molecule is CC(C)(O)[C@H](F)CN1Cc2cc([N+](=O)[O-])c(N3CCN(C(=O)O)CC3)cc2C1=O. The van der Waals surface area contributed by atoms with E-state index in [0.717, 1.165) is 0 Å². The van der Waals surface area contributed by atoms with E-state index in [1.54, 1.807) is 4.90 Å². The number of nitrogens with zero attached hydrogens (tertiary/aromatic N) is 4. The molecule has 0 aliphatic carbocycles. The molecule has 10 nitrogen and oxygen atoms in total. The van der Waals surface area contributed by atoms with E-state index in [4.69, 9.17) is 5.11 Å². The second-order valence-corrected chi connectivity index (χ2v) is 7.82. The monoisotopic (exact) mass is 410 g/mol. The highest BCUT2D eigenvalue weighted by molar-refractivity contribution is 6.00. The van der Waals surface area contributed by atoms with Crippen molar-refractivity contribution in [2.24, 2.45) is 0 Å². The van der Waals surface area contributed by atoms with Gasteiger partial charge >= 0.3 is 6.09 Å². The highest BCUT2D eigenvalue weighted by Gasteiger charge is 2.37. The molecule has 1 atom stereocenters. The van der Waals surface area contributed by atoms with E-state index in [0.29, 0.717) is 5.56 Å². The van der Waals surface area contributed by atoms with Gasteiger partial charge in [-0.25, -0.2) is 9.18 Å². The normalized spacial score (nSPS) is 18.1. The summed E-state index contributed by atoms with van der Waals surface area (Å²) in [5.41, 5.74) is -0.864. The molecular weight excluding hydrogens is 387 g/mol. The minimum Gasteiger partial charge on any atom is -0.465 e. The maximum atomic E-state index is 14.2. The Labute approximate surface area is 166 Å². The zero-order chi connectivity index (χ0) is 21.5. The lowest BCUT2D eigenvalue weighted by Gasteiger charge is -2.34. The molecule has 0 saturated carbocycles. The van der Waals surface area contributed by atoms with Gasteiger partial charge in [0.25, 0.3) is 11.6 Å². The zero-order valence-corrected chi connectivity index (χ0v) is 16.2. The molecule has 1 saturated heterocycles. The smallest absolute Gasteiger partial charge is 0.407 e. The van der Waals surface area contributed by atoms with E-state index in [2.05, 4.69) is 0 Å². The number of piperazine rings is 1. The van der Waals surface area contributed by atoms with Crippen molar-refractivity contribution < 1.29 is 29.1 Å². The second kappa shape index (κ2) is 7.47. The molecule has 0 bridgehead atoms. The maximum Gasteiger partial charge on any atom is 0.407 e. The summed E-state index contributed by atoms with van der Waals surface area (Å²) >= 11 is 0. The molecule has 2 aliphatic heterocycles. The van der Waals surface area contributed by atoms with Gasteiger partial charge in [0.15, 0.2) is 0 Å². The molecule has 1 aromatic carbocycles. The van der Waals surface area contributed by atoms with E-state index in [9.17, 15) is 29.2 Å². The number of benzene rings is 1. The van der Waals surface area contributed by atoms with Crippen molar-refractivity contribution in [1.29, 1.82) is 0 Å². The molecule has 3 rings (SSSR count). The molecule has 2 N–H and O–H groups in total. The van der Waals surface area contributed by atoms with Crippen LogP contribution in [0.5, 0.6) is 0 Å². The van der Waals surface area contributed by atoms with Gasteiger partial charge in [-0.1, -0.05) is 0 Å². The summed E-state index contributed by atoms with van der Waals surface area (Å²) < 4.78 is 14.2. The van der Waals surface area contributed by atoms with E-state index in [1.165, 1.54) is 35.8 Å². The van der Waals surface area contributed by atoms with Crippen LogP contribution in [0.4, 0.5) is 20.6 Å². The number of nitro groups is 1. The molecule has 0 spiro atoms. The zero-order valence-electron chi connectivity index (χ0n) is 16.2. The van der Waals surface area contributed by atoms with Crippen molar-refractivity contribution >= 4 is 23.4 Å². The summed E-state index contributed by atoms with van der Waals surface area (Å²) in [5.74, 6) is -0.452. The number of nitro benzene ring substituents is 1. The Morgan fingerprint density at radius 1 is 1.31 bits per heavy atom. The van der Waals surface area contributed by atoms with Crippen LogP contribution in [0, 0.1) is 10.1 Å². The van der Waals surface area contributed by atoms with Gasteiger partial charge in [-0.15, -0.1) is 0 Å². The van der Waals surface area contributed by atoms with E-state index in [-0.39, 0.29) is 56.2 Å². The van der Waals surface area contributed by atoms with Crippen molar-refractivity contribution in [2.45, 2.75) is 32.2 Å². The number of amides is 2. The summed E-state index contributed by atoms with van der Waals surface area (Å²) in [6.07, 6.45) is -2.72. The average molecular weight is 410 g/mol. The largest absolute Gasteiger partial charge is 0.465 e. The Bertz CT molecular complexity index is 847. The van der Waals surface area contributed by atoms with Crippen LogP contribution < -0.4 is 4.90 Å². The molecule has 0 unspecified atom stereocenters. The molecule has 29 heavy (non-hydrogen) atoms. The van der Waals surface area contributed by atoms with Crippen LogP contribution in [0.1, 0.15) is 29.8 Å². The highest BCUT2D eigenvalue weighted by atomic mass is 19.1. The van der Waals surface area contributed by atoms with Crippen LogP contribution in [-0.4, -0.2) is 81.4 Å². The summed E-state index contributed by atoms with van der Waals surface area (Å²) in [4.78, 5) is 39.0. The first kappa shape index (κ1) is 20.8. The Morgan fingerprint density at radius 3 is 2.45 bits per heavy atom. The van der Waals surface area contributed by atoms with Crippen LogP contribution in [0.3, 0.4) is 0 Å². The molecule has 0 aromatic heterocycles. The Balaban J connectivity index is 1.86. The molecule has 2 amide bonds. The van der Waals surface area contributed by atoms with E-state index < -0.39 is 28.7 Å². The number of carbonyl (C=O) groups is 2. The standard InChI is InChI=1S/C18H23FN4O6/c1-18(2,27)15(19)10-22-9-11-7-14(23(28)29)13(8-12(11)16(22)24)20-3-5-21(6-4-20)17(25)26/h7-8,15,27H,3-6,9-10H2,1-2H3,(H,25,26)/t15-/m1/s1. The minimum atomic E-state index is -1.67. The first-order valence-electron chi connectivity index (χ1n) is 9.19. The Kier molecular flexibility index (Phi) is 5.35.